The summed E-state index contributed by atoms with van der Waals surface area (Å²) < 4.78 is 3.44. The molecule has 3 aromatic rings. The van der Waals surface area contributed by atoms with E-state index in [1.54, 1.807) is 11.9 Å². The molecule has 1 heterocycles. The van der Waals surface area contributed by atoms with Gasteiger partial charge in [0.25, 0.3) is 0 Å². The molecule has 3 N–H and O–H groups in total. The van der Waals surface area contributed by atoms with Crippen molar-refractivity contribution in [2.45, 2.75) is 51.1 Å². The molecule has 1 aromatic heterocycles. The quantitative estimate of drug-likeness (QED) is 0.411. The van der Waals surface area contributed by atoms with Gasteiger partial charge in [-0.25, -0.2) is 9.97 Å². The van der Waals surface area contributed by atoms with Gasteiger partial charge in [-0.2, -0.15) is 0 Å². The van der Waals surface area contributed by atoms with E-state index < -0.39 is 0 Å². The van der Waals surface area contributed by atoms with Crippen LogP contribution in [0.25, 0.3) is 11.4 Å². The zero-order valence-electron chi connectivity index (χ0n) is 17.7. The number of nitrogens with zero attached hydrogens (tertiary/aromatic N) is 2. The third-order valence-corrected chi connectivity index (χ3v) is 4.98. The third-order valence-electron chi connectivity index (χ3n) is 3.78. The molecule has 2 aromatic carbocycles. The van der Waals surface area contributed by atoms with Crippen LogP contribution in [0, 0.1) is 0 Å². The van der Waals surface area contributed by atoms with Gasteiger partial charge in [0.15, 0.2) is 5.82 Å². The largest absolute Gasteiger partial charge is 0.368 e. The van der Waals surface area contributed by atoms with Crippen LogP contribution in [-0.2, 0) is 0 Å². The Bertz CT molecular complexity index is 935. The molecule has 29 heavy (non-hydrogen) atoms. The fourth-order valence-corrected chi connectivity index (χ4v) is 3.35. The molecule has 0 aliphatic rings. The molecule has 6 heteroatoms. The second kappa shape index (κ2) is 9.29. The first-order valence-corrected chi connectivity index (χ1v) is 10.6. The SMILES string of the molecule is CC(C)Nc1cc(Nc2cccc(SNC(C)(C)C)c2)nc(-c2ccccc2)n1. The minimum Gasteiger partial charge on any atom is -0.368 e. The molecule has 5 nitrogen and oxygen atoms in total. The molecule has 0 radical (unpaired) electrons. The molecular formula is C23H29N5S. The van der Waals surface area contributed by atoms with Crippen molar-refractivity contribution in [1.29, 1.82) is 0 Å². The molecule has 3 rings (SSSR count). The predicted octanol–water partition coefficient (Wildman–Crippen LogP) is 6.10. The van der Waals surface area contributed by atoms with Crippen LogP contribution in [0.2, 0.25) is 0 Å². The smallest absolute Gasteiger partial charge is 0.163 e. The first-order chi connectivity index (χ1) is 13.8. The Morgan fingerprint density at radius 3 is 2.28 bits per heavy atom. The molecule has 0 spiro atoms. The summed E-state index contributed by atoms with van der Waals surface area (Å²) in [5.41, 5.74) is 2.02. The van der Waals surface area contributed by atoms with Crippen molar-refractivity contribution in [3.8, 4) is 11.4 Å². The average Bonchev–Trinajstić information content (AvgIpc) is 2.66. The fraction of sp³-hybridized carbons (Fsp3) is 0.304. The highest BCUT2D eigenvalue weighted by atomic mass is 32.2. The van der Waals surface area contributed by atoms with Crippen LogP contribution in [0.4, 0.5) is 17.3 Å². The molecule has 0 aliphatic heterocycles. The number of rotatable bonds is 7. The molecule has 0 unspecified atom stereocenters. The van der Waals surface area contributed by atoms with Gasteiger partial charge in [-0.3, -0.25) is 4.72 Å². The highest BCUT2D eigenvalue weighted by molar-refractivity contribution is 7.97. The van der Waals surface area contributed by atoms with Gasteiger partial charge in [-0.15, -0.1) is 0 Å². The normalized spacial score (nSPS) is 11.5. The lowest BCUT2D eigenvalue weighted by molar-refractivity contribution is 0.535. The second-order valence-electron chi connectivity index (χ2n) is 8.23. The van der Waals surface area contributed by atoms with Crippen LogP contribution in [0.15, 0.2) is 65.6 Å². The van der Waals surface area contributed by atoms with Gasteiger partial charge in [-0.05, 0) is 64.8 Å². The predicted molar refractivity (Wildman–Crippen MR) is 125 cm³/mol. The summed E-state index contributed by atoms with van der Waals surface area (Å²) in [6, 6.07) is 20.6. The van der Waals surface area contributed by atoms with Gasteiger partial charge in [0.05, 0.1) is 0 Å². The topological polar surface area (TPSA) is 61.9 Å². The van der Waals surface area contributed by atoms with Crippen molar-refractivity contribution in [2.75, 3.05) is 10.6 Å². The molecule has 0 saturated heterocycles. The van der Waals surface area contributed by atoms with E-state index in [1.165, 1.54) is 0 Å². The Morgan fingerprint density at radius 1 is 0.862 bits per heavy atom. The van der Waals surface area contributed by atoms with Gasteiger partial charge in [0.2, 0.25) is 0 Å². The van der Waals surface area contributed by atoms with Gasteiger partial charge < -0.3 is 10.6 Å². The lowest BCUT2D eigenvalue weighted by atomic mass is 10.1. The summed E-state index contributed by atoms with van der Waals surface area (Å²) in [5.74, 6) is 2.25. The summed E-state index contributed by atoms with van der Waals surface area (Å²) in [6.45, 7) is 10.6. The summed E-state index contributed by atoms with van der Waals surface area (Å²) >= 11 is 1.63. The Kier molecular flexibility index (Phi) is 6.77. The van der Waals surface area contributed by atoms with Gasteiger partial charge in [0, 0.05) is 33.8 Å². The van der Waals surface area contributed by atoms with Crippen molar-refractivity contribution in [3.05, 3.63) is 60.7 Å². The van der Waals surface area contributed by atoms with E-state index >= 15 is 0 Å². The highest BCUT2D eigenvalue weighted by Crippen LogP contribution is 2.26. The Balaban J connectivity index is 1.86. The Labute approximate surface area is 177 Å². The number of benzene rings is 2. The zero-order chi connectivity index (χ0) is 20.9. The Hall–Kier alpha value is -2.57. The van der Waals surface area contributed by atoms with Crippen LogP contribution >= 0.6 is 11.9 Å². The highest BCUT2D eigenvalue weighted by Gasteiger charge is 2.11. The van der Waals surface area contributed by atoms with Crippen LogP contribution in [0.3, 0.4) is 0 Å². The van der Waals surface area contributed by atoms with Crippen molar-refractivity contribution < 1.29 is 0 Å². The lowest BCUT2D eigenvalue weighted by Crippen LogP contribution is -2.29. The van der Waals surface area contributed by atoms with Crippen molar-refractivity contribution in [1.82, 2.24) is 14.7 Å². The number of aromatic nitrogens is 2. The maximum atomic E-state index is 4.74. The maximum absolute atomic E-state index is 4.74. The molecule has 0 fully saturated rings. The van der Waals surface area contributed by atoms with E-state index in [1.807, 2.05) is 48.5 Å². The molecule has 0 aliphatic carbocycles. The number of anilines is 3. The molecule has 0 saturated carbocycles. The lowest BCUT2D eigenvalue weighted by Gasteiger charge is -2.19. The van der Waals surface area contributed by atoms with E-state index in [9.17, 15) is 0 Å². The monoisotopic (exact) mass is 407 g/mol. The summed E-state index contributed by atoms with van der Waals surface area (Å²) in [7, 11) is 0. The summed E-state index contributed by atoms with van der Waals surface area (Å²) in [4.78, 5) is 10.6. The fourth-order valence-electron chi connectivity index (χ4n) is 2.59. The molecule has 0 bridgehead atoms. The number of hydrogen-bond acceptors (Lipinski definition) is 6. The molecule has 0 amide bonds. The van der Waals surface area contributed by atoms with E-state index in [-0.39, 0.29) is 11.6 Å². The first-order valence-electron chi connectivity index (χ1n) is 9.81. The van der Waals surface area contributed by atoms with Crippen LogP contribution < -0.4 is 15.4 Å². The molecule has 152 valence electrons. The first kappa shape index (κ1) is 21.1. The van der Waals surface area contributed by atoms with E-state index in [0.717, 1.165) is 27.8 Å². The summed E-state index contributed by atoms with van der Waals surface area (Å²) in [5, 5.41) is 6.82. The van der Waals surface area contributed by atoms with Crippen LogP contribution in [0.5, 0.6) is 0 Å². The molecular weight excluding hydrogens is 378 g/mol. The minimum atomic E-state index is 0.0444. The van der Waals surface area contributed by atoms with E-state index in [4.69, 9.17) is 4.98 Å². The van der Waals surface area contributed by atoms with Crippen LogP contribution in [-0.4, -0.2) is 21.5 Å². The average molecular weight is 408 g/mol. The Morgan fingerprint density at radius 2 is 1.59 bits per heavy atom. The van der Waals surface area contributed by atoms with Crippen molar-refractivity contribution in [3.63, 3.8) is 0 Å². The minimum absolute atomic E-state index is 0.0444. The van der Waals surface area contributed by atoms with Gasteiger partial charge in [-0.1, -0.05) is 36.4 Å². The van der Waals surface area contributed by atoms with Crippen molar-refractivity contribution in [2.24, 2.45) is 0 Å². The number of nitrogens with one attached hydrogen (secondary N) is 3. The third kappa shape index (κ3) is 6.76. The summed E-state index contributed by atoms with van der Waals surface area (Å²) in [6.07, 6.45) is 0. The van der Waals surface area contributed by atoms with Gasteiger partial charge in [0.1, 0.15) is 11.6 Å². The van der Waals surface area contributed by atoms with Crippen LogP contribution in [0.1, 0.15) is 34.6 Å². The zero-order valence-corrected chi connectivity index (χ0v) is 18.5. The maximum Gasteiger partial charge on any atom is 0.163 e. The molecule has 0 atom stereocenters. The second-order valence-corrected chi connectivity index (χ2v) is 9.11. The standard InChI is InChI=1S/C23H29N5S/c1-16(2)24-20-15-21(27-22(26-20)17-10-7-6-8-11-17)25-18-12-9-13-19(14-18)29-28-23(3,4)5/h6-16,28H,1-5H3,(H2,24,25,26,27). The van der Waals surface area contributed by atoms with E-state index in [0.29, 0.717) is 5.82 Å². The van der Waals surface area contributed by atoms with Gasteiger partial charge >= 0.3 is 0 Å². The van der Waals surface area contributed by atoms with Crippen molar-refractivity contribution >= 4 is 29.3 Å². The number of hydrogen-bond donors (Lipinski definition) is 3. The van der Waals surface area contributed by atoms with E-state index in [2.05, 4.69) is 67.1 Å².